The van der Waals surface area contributed by atoms with Crippen LogP contribution in [-0.2, 0) is 4.74 Å². The van der Waals surface area contributed by atoms with Gasteiger partial charge in [-0.1, -0.05) is 13.3 Å². The number of likely N-dealkylation sites (tertiary alicyclic amines) is 1. The van der Waals surface area contributed by atoms with Crippen LogP contribution in [0, 0.1) is 11.8 Å². The highest BCUT2D eigenvalue weighted by molar-refractivity contribution is 4.85. The highest BCUT2D eigenvalue weighted by atomic mass is 16.5. The zero-order valence-electron chi connectivity index (χ0n) is 10.2. The van der Waals surface area contributed by atoms with Gasteiger partial charge in [-0.25, -0.2) is 0 Å². The van der Waals surface area contributed by atoms with Crippen molar-refractivity contribution in [3.63, 3.8) is 0 Å². The van der Waals surface area contributed by atoms with Crippen LogP contribution in [0.25, 0.3) is 0 Å². The van der Waals surface area contributed by atoms with Crippen molar-refractivity contribution in [3.8, 4) is 0 Å². The van der Waals surface area contributed by atoms with Crippen LogP contribution in [-0.4, -0.2) is 37.7 Å². The Morgan fingerprint density at radius 2 is 1.87 bits per heavy atom. The SMILES string of the molecule is COCC1CCN(C2CCC[C@H]2C)CC1. The molecule has 0 aromatic carbocycles. The lowest BCUT2D eigenvalue weighted by atomic mass is 9.94. The molecule has 2 atom stereocenters. The average molecular weight is 211 g/mol. The second-order valence-electron chi connectivity index (χ2n) is 5.41. The van der Waals surface area contributed by atoms with E-state index in [9.17, 15) is 0 Å². The monoisotopic (exact) mass is 211 g/mol. The highest BCUT2D eigenvalue weighted by Crippen LogP contribution is 2.32. The second-order valence-corrected chi connectivity index (χ2v) is 5.41. The summed E-state index contributed by atoms with van der Waals surface area (Å²) in [6, 6.07) is 0.897. The van der Waals surface area contributed by atoms with E-state index < -0.39 is 0 Å². The molecular weight excluding hydrogens is 186 g/mol. The van der Waals surface area contributed by atoms with E-state index in [1.807, 2.05) is 7.11 Å². The van der Waals surface area contributed by atoms with Gasteiger partial charge in [0.1, 0.15) is 0 Å². The third-order valence-corrected chi connectivity index (χ3v) is 4.34. The molecule has 0 aromatic heterocycles. The van der Waals surface area contributed by atoms with E-state index >= 15 is 0 Å². The maximum absolute atomic E-state index is 5.24. The van der Waals surface area contributed by atoms with E-state index in [1.165, 1.54) is 45.2 Å². The molecule has 2 fully saturated rings. The van der Waals surface area contributed by atoms with Crippen molar-refractivity contribution in [1.82, 2.24) is 4.90 Å². The van der Waals surface area contributed by atoms with Crippen LogP contribution in [0.1, 0.15) is 39.0 Å². The fraction of sp³-hybridized carbons (Fsp3) is 1.00. The van der Waals surface area contributed by atoms with E-state index in [2.05, 4.69) is 11.8 Å². The molecule has 0 spiro atoms. The molecule has 1 saturated heterocycles. The van der Waals surface area contributed by atoms with Crippen LogP contribution in [0.5, 0.6) is 0 Å². The zero-order valence-corrected chi connectivity index (χ0v) is 10.2. The van der Waals surface area contributed by atoms with Crippen molar-refractivity contribution >= 4 is 0 Å². The number of methoxy groups -OCH3 is 1. The number of nitrogens with zero attached hydrogens (tertiary/aromatic N) is 1. The molecule has 0 radical (unpaired) electrons. The predicted molar refractivity (Wildman–Crippen MR) is 63.0 cm³/mol. The molecule has 1 aliphatic heterocycles. The molecule has 88 valence electrons. The van der Waals surface area contributed by atoms with E-state index in [0.29, 0.717) is 0 Å². The third kappa shape index (κ3) is 2.73. The van der Waals surface area contributed by atoms with E-state index in [4.69, 9.17) is 4.74 Å². The normalized spacial score (nSPS) is 34.8. The first-order chi connectivity index (χ1) is 7.31. The summed E-state index contributed by atoms with van der Waals surface area (Å²) in [5.41, 5.74) is 0. The Morgan fingerprint density at radius 1 is 1.13 bits per heavy atom. The molecule has 1 aliphatic carbocycles. The highest BCUT2D eigenvalue weighted by Gasteiger charge is 2.31. The minimum atomic E-state index is 0.822. The van der Waals surface area contributed by atoms with Gasteiger partial charge in [-0.05, 0) is 50.6 Å². The van der Waals surface area contributed by atoms with Crippen LogP contribution >= 0.6 is 0 Å². The first kappa shape index (κ1) is 11.4. The topological polar surface area (TPSA) is 12.5 Å². The first-order valence-corrected chi connectivity index (χ1v) is 6.54. The smallest absolute Gasteiger partial charge is 0.0491 e. The summed E-state index contributed by atoms with van der Waals surface area (Å²) in [6.45, 7) is 6.01. The Morgan fingerprint density at radius 3 is 2.40 bits per heavy atom. The molecule has 0 amide bonds. The lowest BCUT2D eigenvalue weighted by Crippen LogP contribution is -2.43. The predicted octanol–water partition coefficient (Wildman–Crippen LogP) is 2.53. The molecule has 15 heavy (non-hydrogen) atoms. The van der Waals surface area contributed by atoms with Crippen molar-refractivity contribution < 1.29 is 4.74 Å². The van der Waals surface area contributed by atoms with Crippen molar-refractivity contribution in [1.29, 1.82) is 0 Å². The Hall–Kier alpha value is -0.0800. The number of ether oxygens (including phenoxy) is 1. The Balaban J connectivity index is 1.77. The molecule has 1 saturated carbocycles. The zero-order chi connectivity index (χ0) is 10.7. The number of hydrogen-bond donors (Lipinski definition) is 0. The summed E-state index contributed by atoms with van der Waals surface area (Å²) in [5, 5.41) is 0. The van der Waals surface area contributed by atoms with Crippen LogP contribution in [0.15, 0.2) is 0 Å². The minimum Gasteiger partial charge on any atom is -0.384 e. The molecule has 1 unspecified atom stereocenters. The Labute approximate surface area is 94.0 Å². The fourth-order valence-electron chi connectivity index (χ4n) is 3.36. The summed E-state index contributed by atoms with van der Waals surface area (Å²) in [6.07, 6.45) is 7.02. The molecule has 0 bridgehead atoms. The van der Waals surface area contributed by atoms with Gasteiger partial charge in [0.2, 0.25) is 0 Å². The molecule has 0 aromatic rings. The summed E-state index contributed by atoms with van der Waals surface area (Å²) in [7, 11) is 1.82. The summed E-state index contributed by atoms with van der Waals surface area (Å²) in [4.78, 5) is 2.74. The molecule has 0 N–H and O–H groups in total. The maximum atomic E-state index is 5.24. The van der Waals surface area contributed by atoms with E-state index in [-0.39, 0.29) is 0 Å². The van der Waals surface area contributed by atoms with E-state index in [0.717, 1.165) is 24.5 Å². The largest absolute Gasteiger partial charge is 0.384 e. The molecule has 2 aliphatic rings. The molecule has 1 heterocycles. The van der Waals surface area contributed by atoms with E-state index in [1.54, 1.807) is 0 Å². The van der Waals surface area contributed by atoms with Crippen molar-refractivity contribution in [3.05, 3.63) is 0 Å². The lowest BCUT2D eigenvalue weighted by molar-refractivity contribution is 0.0709. The minimum absolute atomic E-state index is 0.822. The van der Waals surface area contributed by atoms with Crippen molar-refractivity contribution in [2.45, 2.75) is 45.1 Å². The van der Waals surface area contributed by atoms with Gasteiger partial charge in [0.25, 0.3) is 0 Å². The van der Waals surface area contributed by atoms with Gasteiger partial charge in [-0.2, -0.15) is 0 Å². The van der Waals surface area contributed by atoms with Crippen LogP contribution in [0.2, 0.25) is 0 Å². The quantitative estimate of drug-likeness (QED) is 0.711. The van der Waals surface area contributed by atoms with Gasteiger partial charge < -0.3 is 9.64 Å². The second kappa shape index (κ2) is 5.31. The Bertz CT molecular complexity index is 187. The van der Waals surface area contributed by atoms with Gasteiger partial charge in [-0.3, -0.25) is 0 Å². The molecule has 2 heteroatoms. The first-order valence-electron chi connectivity index (χ1n) is 6.54. The summed E-state index contributed by atoms with van der Waals surface area (Å²) < 4.78 is 5.24. The number of hydrogen-bond acceptors (Lipinski definition) is 2. The van der Waals surface area contributed by atoms with Crippen LogP contribution < -0.4 is 0 Å². The summed E-state index contributed by atoms with van der Waals surface area (Å²) >= 11 is 0. The van der Waals surface area contributed by atoms with Gasteiger partial charge in [0.05, 0.1) is 0 Å². The molecular formula is C13H25NO. The fourth-order valence-corrected chi connectivity index (χ4v) is 3.36. The standard InChI is InChI=1S/C13H25NO/c1-11-4-3-5-13(11)14-8-6-12(7-9-14)10-15-2/h11-13H,3-10H2,1-2H3/t11-,13?/m1/s1. The third-order valence-electron chi connectivity index (χ3n) is 4.34. The van der Waals surface area contributed by atoms with Gasteiger partial charge in [0, 0.05) is 19.8 Å². The average Bonchev–Trinajstić information content (AvgIpc) is 2.66. The maximum Gasteiger partial charge on any atom is 0.0491 e. The van der Waals surface area contributed by atoms with Crippen LogP contribution in [0.3, 0.4) is 0 Å². The van der Waals surface area contributed by atoms with Gasteiger partial charge in [0.15, 0.2) is 0 Å². The van der Waals surface area contributed by atoms with Crippen molar-refractivity contribution in [2.24, 2.45) is 11.8 Å². The van der Waals surface area contributed by atoms with Crippen LogP contribution in [0.4, 0.5) is 0 Å². The lowest BCUT2D eigenvalue weighted by Gasteiger charge is -2.37. The number of piperidine rings is 1. The summed E-state index contributed by atoms with van der Waals surface area (Å²) in [5.74, 6) is 1.76. The van der Waals surface area contributed by atoms with Gasteiger partial charge >= 0.3 is 0 Å². The molecule has 2 rings (SSSR count). The Kier molecular flexibility index (Phi) is 4.04. The molecule has 2 nitrogen and oxygen atoms in total. The van der Waals surface area contributed by atoms with Gasteiger partial charge in [-0.15, -0.1) is 0 Å². The number of rotatable bonds is 3. The van der Waals surface area contributed by atoms with Crippen molar-refractivity contribution in [2.75, 3.05) is 26.8 Å².